The lowest BCUT2D eigenvalue weighted by Crippen LogP contribution is -2.44. The number of methoxy groups -OCH3 is 3. The first-order valence-electron chi connectivity index (χ1n) is 8.97. The molecule has 0 fully saturated rings. The molecule has 0 bridgehead atoms. The predicted molar refractivity (Wildman–Crippen MR) is 110 cm³/mol. The quantitative estimate of drug-likeness (QED) is 0.410. The van der Waals surface area contributed by atoms with Crippen LogP contribution in [0.4, 0.5) is 0 Å². The van der Waals surface area contributed by atoms with Gasteiger partial charge in [-0.1, -0.05) is 48.6 Å². The third-order valence-electron chi connectivity index (χ3n) is 5.13. The second-order valence-corrected chi connectivity index (χ2v) is 7.83. The summed E-state index contributed by atoms with van der Waals surface area (Å²) in [5.74, 6) is -1.50. The zero-order chi connectivity index (χ0) is 21.0. The summed E-state index contributed by atoms with van der Waals surface area (Å²) in [7, 11) is 2.40. The normalized spacial score (nSPS) is 18.7. The summed E-state index contributed by atoms with van der Waals surface area (Å²) >= 11 is 0. The summed E-state index contributed by atoms with van der Waals surface area (Å²) < 4.78 is 28.3. The fraction of sp³-hybridized carbons (Fsp3) is 0.273. The summed E-state index contributed by atoms with van der Waals surface area (Å²) in [6.07, 6.45) is 5.20. The van der Waals surface area contributed by atoms with Gasteiger partial charge in [0.2, 0.25) is 0 Å². The standard InChI is InChI=1S/C22H22O6S/c1-26-18-11-10-15-7-4-5-9-17(15)19(18)29(25)14-12-16-8-6-13-22(16,20(23)27-2)21(24)28-3/h4-12,14,16H,13H2,1-3H3/b14-12+/t16-,29+/m0/s1. The molecule has 7 heteroatoms. The number of allylic oxidation sites excluding steroid dienone is 3. The van der Waals surface area contributed by atoms with Gasteiger partial charge in [0, 0.05) is 16.7 Å². The van der Waals surface area contributed by atoms with Gasteiger partial charge < -0.3 is 14.2 Å². The molecule has 0 heterocycles. The minimum atomic E-state index is -1.57. The zero-order valence-electron chi connectivity index (χ0n) is 16.4. The lowest BCUT2D eigenvalue weighted by Gasteiger charge is -2.28. The Kier molecular flexibility index (Phi) is 6.17. The Hall–Kier alpha value is -2.93. The van der Waals surface area contributed by atoms with Crippen molar-refractivity contribution in [1.82, 2.24) is 0 Å². The molecule has 0 saturated carbocycles. The van der Waals surface area contributed by atoms with E-state index in [2.05, 4.69) is 0 Å². The lowest BCUT2D eigenvalue weighted by molar-refractivity contribution is -0.170. The van der Waals surface area contributed by atoms with Crippen molar-refractivity contribution < 1.29 is 28.0 Å². The second kappa shape index (κ2) is 8.61. The van der Waals surface area contributed by atoms with Crippen molar-refractivity contribution in [3.05, 3.63) is 60.0 Å². The van der Waals surface area contributed by atoms with Gasteiger partial charge in [0.1, 0.15) is 5.75 Å². The third kappa shape index (κ3) is 3.58. The van der Waals surface area contributed by atoms with Crippen LogP contribution < -0.4 is 4.74 Å². The molecule has 0 amide bonds. The molecule has 0 unspecified atom stereocenters. The van der Waals surface area contributed by atoms with Crippen LogP contribution in [0, 0.1) is 11.3 Å². The highest BCUT2D eigenvalue weighted by Gasteiger charge is 2.54. The first-order valence-corrected chi connectivity index (χ1v) is 10.2. The first kappa shape index (κ1) is 20.8. The Morgan fingerprint density at radius 3 is 2.41 bits per heavy atom. The van der Waals surface area contributed by atoms with E-state index in [1.165, 1.54) is 26.7 Å². The van der Waals surface area contributed by atoms with Gasteiger partial charge in [-0.3, -0.25) is 9.59 Å². The number of hydrogen-bond acceptors (Lipinski definition) is 6. The molecular weight excluding hydrogens is 392 g/mol. The van der Waals surface area contributed by atoms with E-state index in [1.54, 1.807) is 24.3 Å². The van der Waals surface area contributed by atoms with E-state index in [1.807, 2.05) is 30.3 Å². The van der Waals surface area contributed by atoms with Crippen LogP contribution in [-0.2, 0) is 29.9 Å². The second-order valence-electron chi connectivity index (χ2n) is 6.56. The van der Waals surface area contributed by atoms with Crippen molar-refractivity contribution in [2.24, 2.45) is 11.3 Å². The van der Waals surface area contributed by atoms with Crippen LogP contribution in [0.1, 0.15) is 6.42 Å². The van der Waals surface area contributed by atoms with Crippen molar-refractivity contribution in [3.63, 3.8) is 0 Å². The number of hydrogen-bond donors (Lipinski definition) is 0. The van der Waals surface area contributed by atoms with E-state index in [4.69, 9.17) is 14.2 Å². The number of fused-ring (bicyclic) bond motifs is 1. The number of rotatable bonds is 6. The van der Waals surface area contributed by atoms with Crippen LogP contribution in [0.2, 0.25) is 0 Å². The van der Waals surface area contributed by atoms with Gasteiger partial charge in [0.15, 0.2) is 5.41 Å². The van der Waals surface area contributed by atoms with Crippen molar-refractivity contribution in [2.75, 3.05) is 21.3 Å². The van der Waals surface area contributed by atoms with E-state index in [9.17, 15) is 13.8 Å². The van der Waals surface area contributed by atoms with Gasteiger partial charge in [-0.2, -0.15) is 0 Å². The molecule has 0 N–H and O–H groups in total. The van der Waals surface area contributed by atoms with Gasteiger partial charge in [-0.25, -0.2) is 4.21 Å². The Bertz CT molecular complexity index is 1010. The Balaban J connectivity index is 2.01. The summed E-state index contributed by atoms with van der Waals surface area (Å²) in [4.78, 5) is 25.4. The Morgan fingerprint density at radius 1 is 1.07 bits per heavy atom. The van der Waals surface area contributed by atoms with Crippen molar-refractivity contribution >= 4 is 33.5 Å². The minimum Gasteiger partial charge on any atom is -0.495 e. The summed E-state index contributed by atoms with van der Waals surface area (Å²) in [6, 6.07) is 11.2. The molecule has 2 atom stereocenters. The Morgan fingerprint density at radius 2 is 1.76 bits per heavy atom. The van der Waals surface area contributed by atoms with Crippen LogP contribution in [0.25, 0.3) is 10.8 Å². The lowest BCUT2D eigenvalue weighted by atomic mass is 9.77. The van der Waals surface area contributed by atoms with E-state index >= 15 is 0 Å². The van der Waals surface area contributed by atoms with E-state index in [0.29, 0.717) is 10.6 Å². The molecule has 1 aliphatic rings. The number of carbonyl (C=O) groups is 2. The van der Waals surface area contributed by atoms with Crippen LogP contribution in [-0.4, -0.2) is 37.5 Å². The van der Waals surface area contributed by atoms with Gasteiger partial charge in [0.25, 0.3) is 0 Å². The highest BCUT2D eigenvalue weighted by molar-refractivity contribution is 7.88. The number of benzene rings is 2. The van der Waals surface area contributed by atoms with Gasteiger partial charge in [-0.15, -0.1) is 0 Å². The van der Waals surface area contributed by atoms with Crippen LogP contribution in [0.15, 0.2) is 64.9 Å². The predicted octanol–water partition coefficient (Wildman–Crippen LogP) is 3.38. The summed E-state index contributed by atoms with van der Waals surface area (Å²) in [5, 5.41) is 3.22. The number of esters is 2. The van der Waals surface area contributed by atoms with Crippen LogP contribution in [0.5, 0.6) is 5.75 Å². The molecule has 2 aromatic rings. The van der Waals surface area contributed by atoms with E-state index in [0.717, 1.165) is 10.8 Å². The number of ether oxygens (including phenoxy) is 3. The molecule has 6 nitrogen and oxygen atoms in total. The molecule has 1 aliphatic carbocycles. The maximum Gasteiger partial charge on any atom is 0.324 e. The zero-order valence-corrected chi connectivity index (χ0v) is 17.2. The molecule has 29 heavy (non-hydrogen) atoms. The fourth-order valence-corrected chi connectivity index (χ4v) is 4.83. The number of carbonyl (C=O) groups excluding carboxylic acids is 2. The van der Waals surface area contributed by atoms with E-state index < -0.39 is 34.1 Å². The highest BCUT2D eigenvalue weighted by atomic mass is 32.2. The molecule has 0 radical (unpaired) electrons. The molecule has 0 saturated heterocycles. The van der Waals surface area contributed by atoms with Gasteiger partial charge in [-0.05, 0) is 17.9 Å². The van der Waals surface area contributed by atoms with Crippen molar-refractivity contribution in [1.29, 1.82) is 0 Å². The van der Waals surface area contributed by atoms with Crippen LogP contribution in [0.3, 0.4) is 0 Å². The highest BCUT2D eigenvalue weighted by Crippen LogP contribution is 2.42. The molecule has 0 spiro atoms. The molecule has 0 aromatic heterocycles. The van der Waals surface area contributed by atoms with Gasteiger partial charge in [0.05, 0.1) is 37.0 Å². The maximum absolute atomic E-state index is 13.2. The fourth-order valence-electron chi connectivity index (χ4n) is 3.63. The van der Waals surface area contributed by atoms with Gasteiger partial charge >= 0.3 is 11.9 Å². The topological polar surface area (TPSA) is 78.9 Å². The maximum atomic E-state index is 13.2. The molecule has 152 valence electrons. The minimum absolute atomic E-state index is 0.158. The Labute approximate surface area is 171 Å². The molecular formula is C22H22O6S. The average molecular weight is 414 g/mol. The molecule has 0 aliphatic heterocycles. The largest absolute Gasteiger partial charge is 0.495 e. The summed E-state index contributed by atoms with van der Waals surface area (Å²) in [5.41, 5.74) is -1.51. The average Bonchev–Trinajstić information content (AvgIpc) is 3.20. The summed E-state index contributed by atoms with van der Waals surface area (Å²) in [6.45, 7) is 0. The van der Waals surface area contributed by atoms with Crippen LogP contribution >= 0.6 is 0 Å². The first-order chi connectivity index (χ1) is 14.0. The van der Waals surface area contributed by atoms with Crippen molar-refractivity contribution in [3.8, 4) is 5.75 Å². The SMILES string of the molecule is COC(=O)C1(C(=O)OC)CC=C[C@H]1/C=C/[S@@](=O)c1c(OC)ccc2ccccc12. The molecule has 3 rings (SSSR count). The van der Waals surface area contributed by atoms with Crippen molar-refractivity contribution in [2.45, 2.75) is 11.3 Å². The monoisotopic (exact) mass is 414 g/mol. The third-order valence-corrected chi connectivity index (χ3v) is 6.35. The smallest absolute Gasteiger partial charge is 0.324 e. The molecule has 2 aromatic carbocycles. The van der Waals surface area contributed by atoms with E-state index in [-0.39, 0.29) is 6.42 Å².